The van der Waals surface area contributed by atoms with Crippen molar-refractivity contribution < 1.29 is 9.53 Å². The van der Waals surface area contributed by atoms with Crippen molar-refractivity contribution in [2.75, 3.05) is 20.3 Å². The molecule has 90 valence electrons. The summed E-state index contributed by atoms with van der Waals surface area (Å²) in [7, 11) is 1.64. The van der Waals surface area contributed by atoms with Gasteiger partial charge in [0.1, 0.15) is 0 Å². The van der Waals surface area contributed by atoms with Crippen LogP contribution in [-0.2, 0) is 9.53 Å². The molecule has 0 aromatic carbocycles. The fourth-order valence-corrected chi connectivity index (χ4v) is 1.35. The fraction of sp³-hybridized carbons (Fsp3) is 0.909. The Bertz CT molecular complexity index is 185. The highest BCUT2D eigenvalue weighted by atomic mass is 16.5. The van der Waals surface area contributed by atoms with Gasteiger partial charge in [-0.25, -0.2) is 0 Å². The van der Waals surface area contributed by atoms with Crippen LogP contribution in [0.15, 0.2) is 0 Å². The second-order valence-corrected chi connectivity index (χ2v) is 3.80. The van der Waals surface area contributed by atoms with Gasteiger partial charge in [-0.05, 0) is 19.8 Å². The van der Waals surface area contributed by atoms with Crippen molar-refractivity contribution in [2.24, 2.45) is 5.73 Å². The molecule has 4 nitrogen and oxygen atoms in total. The molecule has 2 unspecified atom stereocenters. The summed E-state index contributed by atoms with van der Waals surface area (Å²) in [5, 5.41) is 0. The van der Waals surface area contributed by atoms with Crippen molar-refractivity contribution in [3.63, 3.8) is 0 Å². The van der Waals surface area contributed by atoms with E-state index in [2.05, 4.69) is 6.92 Å². The topological polar surface area (TPSA) is 55.6 Å². The lowest BCUT2D eigenvalue weighted by Gasteiger charge is -2.30. The van der Waals surface area contributed by atoms with E-state index in [1.165, 1.54) is 0 Å². The molecule has 0 rings (SSSR count). The van der Waals surface area contributed by atoms with E-state index in [1.54, 1.807) is 7.11 Å². The van der Waals surface area contributed by atoms with E-state index in [-0.39, 0.29) is 18.0 Å². The highest BCUT2D eigenvalue weighted by Crippen LogP contribution is 2.06. The molecule has 1 amide bonds. The van der Waals surface area contributed by atoms with Crippen molar-refractivity contribution in [1.29, 1.82) is 0 Å². The van der Waals surface area contributed by atoms with Crippen LogP contribution in [-0.4, -0.2) is 43.2 Å². The van der Waals surface area contributed by atoms with Crippen LogP contribution >= 0.6 is 0 Å². The summed E-state index contributed by atoms with van der Waals surface area (Å²) in [6, 6.07) is -0.152. The molecule has 0 aromatic rings. The summed E-state index contributed by atoms with van der Waals surface area (Å²) >= 11 is 0. The van der Waals surface area contributed by atoms with Crippen molar-refractivity contribution in [3.05, 3.63) is 0 Å². The number of nitrogens with two attached hydrogens (primary N) is 1. The van der Waals surface area contributed by atoms with Gasteiger partial charge in [0.25, 0.3) is 0 Å². The number of ether oxygens (including phenoxy) is 1. The lowest BCUT2D eigenvalue weighted by molar-refractivity contribution is -0.135. The number of hydrogen-bond acceptors (Lipinski definition) is 3. The summed E-state index contributed by atoms with van der Waals surface area (Å²) < 4.78 is 5.00. The molecule has 15 heavy (non-hydrogen) atoms. The first kappa shape index (κ1) is 14.4. The molecule has 0 saturated heterocycles. The Hall–Kier alpha value is -0.610. The molecule has 4 heteroatoms. The Morgan fingerprint density at radius 3 is 2.40 bits per heavy atom. The zero-order valence-corrected chi connectivity index (χ0v) is 10.3. The maximum Gasteiger partial charge on any atom is 0.239 e. The van der Waals surface area contributed by atoms with Gasteiger partial charge in [0, 0.05) is 19.7 Å². The van der Waals surface area contributed by atoms with Gasteiger partial charge in [-0.1, -0.05) is 13.8 Å². The van der Waals surface area contributed by atoms with Crippen molar-refractivity contribution in [1.82, 2.24) is 4.90 Å². The van der Waals surface area contributed by atoms with Crippen LogP contribution in [0.4, 0.5) is 0 Å². The highest BCUT2D eigenvalue weighted by molar-refractivity contribution is 5.81. The predicted molar refractivity (Wildman–Crippen MR) is 61.6 cm³/mol. The number of rotatable bonds is 7. The maximum absolute atomic E-state index is 11.9. The van der Waals surface area contributed by atoms with E-state index in [4.69, 9.17) is 10.5 Å². The molecule has 0 fully saturated rings. The van der Waals surface area contributed by atoms with E-state index in [1.807, 2.05) is 18.7 Å². The van der Waals surface area contributed by atoms with Crippen LogP contribution in [0.3, 0.4) is 0 Å². The fourth-order valence-electron chi connectivity index (χ4n) is 1.35. The molecule has 0 saturated carbocycles. The average molecular weight is 216 g/mol. The molecule has 2 N–H and O–H groups in total. The molecule has 2 atom stereocenters. The summed E-state index contributed by atoms with van der Waals surface area (Å²) in [4.78, 5) is 13.7. The number of carbonyl (C=O) groups is 1. The molecular weight excluding hydrogens is 192 g/mol. The zero-order chi connectivity index (χ0) is 11.8. The maximum atomic E-state index is 11.9. The monoisotopic (exact) mass is 216 g/mol. The highest BCUT2D eigenvalue weighted by Gasteiger charge is 2.22. The molecule has 0 heterocycles. The standard InChI is InChI=1S/C11H24N2O2/c1-5-9(3)13(7-8-15-4)11(14)10(12)6-2/h9-10H,5-8,12H2,1-4H3. The van der Waals surface area contributed by atoms with Gasteiger partial charge in [0.05, 0.1) is 12.6 Å². The summed E-state index contributed by atoms with van der Waals surface area (Å²) in [5.74, 6) is 0.0314. The number of amides is 1. The minimum atomic E-state index is -0.379. The molecule has 0 aliphatic heterocycles. The molecule has 0 aliphatic rings. The Balaban J connectivity index is 4.39. The third kappa shape index (κ3) is 4.62. The van der Waals surface area contributed by atoms with Gasteiger partial charge < -0.3 is 15.4 Å². The number of hydrogen-bond donors (Lipinski definition) is 1. The van der Waals surface area contributed by atoms with Crippen LogP contribution in [0.25, 0.3) is 0 Å². The van der Waals surface area contributed by atoms with E-state index in [0.717, 1.165) is 6.42 Å². The predicted octanol–water partition coefficient (Wildman–Crippen LogP) is 0.997. The third-order valence-corrected chi connectivity index (χ3v) is 2.70. The number of nitrogens with zero attached hydrogens (tertiary/aromatic N) is 1. The van der Waals surface area contributed by atoms with Crippen LogP contribution < -0.4 is 5.73 Å². The normalized spacial score (nSPS) is 14.7. The summed E-state index contributed by atoms with van der Waals surface area (Å²) in [6.07, 6.45) is 1.62. The van der Waals surface area contributed by atoms with Gasteiger partial charge in [-0.2, -0.15) is 0 Å². The SMILES string of the molecule is CCC(N)C(=O)N(CCOC)C(C)CC. The van der Waals surface area contributed by atoms with Gasteiger partial charge >= 0.3 is 0 Å². The van der Waals surface area contributed by atoms with Crippen molar-refractivity contribution >= 4 is 5.91 Å². The summed E-state index contributed by atoms with van der Waals surface area (Å²) in [5.41, 5.74) is 5.75. The van der Waals surface area contributed by atoms with Gasteiger partial charge in [-0.15, -0.1) is 0 Å². The van der Waals surface area contributed by atoms with Crippen LogP contribution in [0.1, 0.15) is 33.6 Å². The first-order valence-corrected chi connectivity index (χ1v) is 5.63. The molecule has 0 aromatic heterocycles. The smallest absolute Gasteiger partial charge is 0.239 e. The van der Waals surface area contributed by atoms with Crippen LogP contribution in [0.2, 0.25) is 0 Å². The summed E-state index contributed by atoms with van der Waals surface area (Å²) in [6.45, 7) is 7.21. The van der Waals surface area contributed by atoms with E-state index in [9.17, 15) is 4.79 Å². The largest absolute Gasteiger partial charge is 0.383 e. The van der Waals surface area contributed by atoms with Gasteiger partial charge in [0.15, 0.2) is 0 Å². The third-order valence-electron chi connectivity index (χ3n) is 2.70. The van der Waals surface area contributed by atoms with E-state index >= 15 is 0 Å². The van der Waals surface area contributed by atoms with Gasteiger partial charge in [0.2, 0.25) is 5.91 Å². The molecular formula is C11H24N2O2. The molecule has 0 spiro atoms. The van der Waals surface area contributed by atoms with E-state index < -0.39 is 0 Å². The van der Waals surface area contributed by atoms with Crippen LogP contribution in [0.5, 0.6) is 0 Å². The Labute approximate surface area is 92.8 Å². The second-order valence-electron chi connectivity index (χ2n) is 3.80. The lowest BCUT2D eigenvalue weighted by atomic mass is 10.1. The minimum Gasteiger partial charge on any atom is -0.383 e. The molecule has 0 bridgehead atoms. The van der Waals surface area contributed by atoms with Crippen molar-refractivity contribution in [2.45, 2.75) is 45.7 Å². The Kier molecular flexibility index (Phi) is 7.34. The Morgan fingerprint density at radius 1 is 1.40 bits per heavy atom. The van der Waals surface area contributed by atoms with Gasteiger partial charge in [-0.3, -0.25) is 4.79 Å². The quantitative estimate of drug-likeness (QED) is 0.690. The lowest BCUT2D eigenvalue weighted by Crippen LogP contribution is -2.48. The van der Waals surface area contributed by atoms with E-state index in [0.29, 0.717) is 19.6 Å². The average Bonchev–Trinajstić information content (AvgIpc) is 2.27. The first-order chi connectivity index (χ1) is 7.08. The van der Waals surface area contributed by atoms with Crippen LogP contribution in [0, 0.1) is 0 Å². The van der Waals surface area contributed by atoms with Crippen molar-refractivity contribution in [3.8, 4) is 0 Å². The molecule has 0 aliphatic carbocycles. The number of carbonyl (C=O) groups excluding carboxylic acids is 1. The second kappa shape index (κ2) is 7.65. The first-order valence-electron chi connectivity index (χ1n) is 5.63. The Morgan fingerprint density at radius 2 is 2.00 bits per heavy atom. The minimum absolute atomic E-state index is 0.0314. The number of methoxy groups -OCH3 is 1. The zero-order valence-electron chi connectivity index (χ0n) is 10.3. The molecule has 0 radical (unpaired) electrons.